The molecule has 92 valence electrons. The zero-order valence-corrected chi connectivity index (χ0v) is 14.9. The molecule has 0 amide bonds. The maximum absolute atomic E-state index is 4.57. The third kappa shape index (κ3) is 2.85. The number of hydrogen-bond donors (Lipinski definition) is 0. The summed E-state index contributed by atoms with van der Waals surface area (Å²) < 4.78 is 3.01. The number of rotatable bonds is 2. The van der Waals surface area contributed by atoms with E-state index in [4.69, 9.17) is 0 Å². The molecule has 0 radical (unpaired) electrons. The summed E-state index contributed by atoms with van der Waals surface area (Å²) in [5.41, 5.74) is 2.32. The predicted octanol–water partition coefficient (Wildman–Crippen LogP) is 2.94. The summed E-state index contributed by atoms with van der Waals surface area (Å²) >= 11 is 4.39. The zero-order chi connectivity index (χ0) is 12.5. The van der Waals surface area contributed by atoms with Crippen molar-refractivity contribution in [3.8, 4) is 0 Å². The SMILES string of the molecule is Cc1nc(/C=C2\[Se]C=C(c3csc(C)n3)[Se]2)cs1. The molecular weight excluding hydrogens is 394 g/mol. The van der Waals surface area contributed by atoms with Crippen LogP contribution in [-0.4, -0.2) is 39.9 Å². The average Bonchev–Trinajstić information content (AvgIpc) is 3.01. The molecule has 0 saturated carbocycles. The Labute approximate surface area is 127 Å². The monoisotopic (exact) mass is 406 g/mol. The summed E-state index contributed by atoms with van der Waals surface area (Å²) in [4.78, 5) is 11.5. The van der Waals surface area contributed by atoms with Gasteiger partial charge in [-0.3, -0.25) is 0 Å². The summed E-state index contributed by atoms with van der Waals surface area (Å²) in [5, 5.41) is 6.61. The average molecular weight is 404 g/mol. The first-order valence-corrected chi connectivity index (χ1v) is 10.6. The van der Waals surface area contributed by atoms with Crippen LogP contribution >= 0.6 is 22.7 Å². The van der Waals surface area contributed by atoms with Crippen molar-refractivity contribution >= 4 is 63.1 Å². The number of hydrogen-bond acceptors (Lipinski definition) is 4. The summed E-state index contributed by atoms with van der Waals surface area (Å²) in [6.07, 6.45) is 2.27. The Morgan fingerprint density at radius 3 is 2.56 bits per heavy atom. The van der Waals surface area contributed by atoms with Crippen LogP contribution in [0.5, 0.6) is 0 Å². The van der Waals surface area contributed by atoms with Gasteiger partial charge in [0.2, 0.25) is 0 Å². The third-order valence-corrected chi connectivity index (χ3v) is 9.84. The van der Waals surface area contributed by atoms with Crippen molar-refractivity contribution in [3.05, 3.63) is 40.5 Å². The summed E-state index contributed by atoms with van der Waals surface area (Å²) in [7, 11) is 0. The van der Waals surface area contributed by atoms with E-state index in [1.165, 1.54) is 10.2 Å². The number of aromatic nitrogens is 2. The Kier molecular flexibility index (Phi) is 3.85. The van der Waals surface area contributed by atoms with Crippen molar-refractivity contribution in [2.45, 2.75) is 13.8 Å². The van der Waals surface area contributed by atoms with E-state index in [0.29, 0.717) is 29.9 Å². The second-order valence-corrected chi connectivity index (χ2v) is 11.3. The number of nitrogens with zero attached hydrogens (tertiary/aromatic N) is 2. The fourth-order valence-electron chi connectivity index (χ4n) is 1.49. The molecule has 0 aromatic carbocycles. The second kappa shape index (κ2) is 5.41. The summed E-state index contributed by atoms with van der Waals surface area (Å²) in [6.45, 7) is 4.12. The molecule has 2 nitrogen and oxygen atoms in total. The number of thiazole rings is 2. The molecule has 0 aliphatic carbocycles. The first-order valence-electron chi connectivity index (χ1n) is 5.32. The molecule has 0 fully saturated rings. The van der Waals surface area contributed by atoms with E-state index in [1.54, 1.807) is 26.0 Å². The molecule has 1 aliphatic heterocycles. The standard InChI is InChI=1S/C12H10N2S2Se2/c1-7-13-9(4-15-7)3-12-17-6-11(18-12)10-5-16-8(2)14-10/h3-6H,1-2H3/b12-3+. The van der Waals surface area contributed by atoms with Gasteiger partial charge in [-0.1, -0.05) is 0 Å². The molecule has 2 aromatic rings. The van der Waals surface area contributed by atoms with Crippen molar-refractivity contribution in [1.82, 2.24) is 9.97 Å². The second-order valence-electron chi connectivity index (χ2n) is 3.71. The molecule has 2 aromatic heterocycles. The van der Waals surface area contributed by atoms with Gasteiger partial charge in [-0.2, -0.15) is 0 Å². The molecule has 0 N–H and O–H groups in total. The Bertz CT molecular complexity index is 640. The van der Waals surface area contributed by atoms with Crippen LogP contribution in [0.4, 0.5) is 0 Å². The zero-order valence-electron chi connectivity index (χ0n) is 9.84. The Hall–Kier alpha value is -0.221. The van der Waals surface area contributed by atoms with Gasteiger partial charge in [0.15, 0.2) is 0 Å². The minimum atomic E-state index is 0.442. The van der Waals surface area contributed by atoms with Crippen molar-refractivity contribution < 1.29 is 0 Å². The van der Waals surface area contributed by atoms with Crippen LogP contribution in [0.15, 0.2) is 19.1 Å². The summed E-state index contributed by atoms with van der Waals surface area (Å²) in [5.74, 6) is 0. The number of aryl methyl sites for hydroxylation is 2. The van der Waals surface area contributed by atoms with E-state index in [-0.39, 0.29) is 0 Å². The van der Waals surface area contributed by atoms with Gasteiger partial charge in [-0.15, -0.1) is 0 Å². The van der Waals surface area contributed by atoms with Gasteiger partial charge in [0.25, 0.3) is 0 Å². The molecule has 3 heterocycles. The molecule has 3 rings (SSSR count). The first kappa shape index (κ1) is 12.8. The van der Waals surface area contributed by atoms with Crippen LogP contribution < -0.4 is 0 Å². The molecule has 1 aliphatic rings. The van der Waals surface area contributed by atoms with Crippen LogP contribution in [0.3, 0.4) is 0 Å². The van der Waals surface area contributed by atoms with Gasteiger partial charge in [0, 0.05) is 0 Å². The Morgan fingerprint density at radius 2 is 1.89 bits per heavy atom. The molecule has 0 bridgehead atoms. The maximum atomic E-state index is 4.57. The fourth-order valence-corrected chi connectivity index (χ4v) is 8.51. The molecule has 6 heteroatoms. The van der Waals surface area contributed by atoms with Gasteiger partial charge in [0.05, 0.1) is 0 Å². The quantitative estimate of drug-likeness (QED) is 0.720. The minimum absolute atomic E-state index is 0.442. The van der Waals surface area contributed by atoms with Crippen molar-refractivity contribution in [1.29, 1.82) is 0 Å². The van der Waals surface area contributed by atoms with Crippen LogP contribution in [0.25, 0.3) is 10.5 Å². The van der Waals surface area contributed by atoms with E-state index in [9.17, 15) is 0 Å². The van der Waals surface area contributed by atoms with Crippen LogP contribution in [0, 0.1) is 13.8 Å². The third-order valence-electron chi connectivity index (χ3n) is 2.27. The van der Waals surface area contributed by atoms with E-state index in [0.717, 1.165) is 15.7 Å². The van der Waals surface area contributed by atoms with E-state index < -0.39 is 0 Å². The molecule has 0 saturated heterocycles. The van der Waals surface area contributed by atoms with Crippen molar-refractivity contribution in [3.63, 3.8) is 0 Å². The molecule has 0 unspecified atom stereocenters. The van der Waals surface area contributed by atoms with Crippen molar-refractivity contribution in [2.75, 3.05) is 0 Å². The van der Waals surface area contributed by atoms with Gasteiger partial charge >= 0.3 is 127 Å². The molecule has 0 spiro atoms. The van der Waals surface area contributed by atoms with Gasteiger partial charge in [0.1, 0.15) is 0 Å². The molecule has 18 heavy (non-hydrogen) atoms. The normalized spacial score (nSPS) is 17.4. The van der Waals surface area contributed by atoms with Crippen LogP contribution in [0.1, 0.15) is 21.4 Å². The predicted molar refractivity (Wildman–Crippen MR) is 81.2 cm³/mol. The van der Waals surface area contributed by atoms with Crippen LogP contribution in [0.2, 0.25) is 0 Å². The van der Waals surface area contributed by atoms with Crippen molar-refractivity contribution in [2.24, 2.45) is 0 Å². The topological polar surface area (TPSA) is 25.8 Å². The van der Waals surface area contributed by atoms with Gasteiger partial charge in [-0.25, -0.2) is 0 Å². The fraction of sp³-hybridized carbons (Fsp3) is 0.167. The van der Waals surface area contributed by atoms with E-state index in [2.05, 4.69) is 45.6 Å². The Morgan fingerprint density at radius 1 is 1.11 bits per heavy atom. The van der Waals surface area contributed by atoms with Gasteiger partial charge < -0.3 is 0 Å². The van der Waals surface area contributed by atoms with Gasteiger partial charge in [-0.05, 0) is 0 Å². The van der Waals surface area contributed by atoms with Crippen LogP contribution in [-0.2, 0) is 0 Å². The Balaban J connectivity index is 1.76. The van der Waals surface area contributed by atoms with E-state index >= 15 is 0 Å². The van der Waals surface area contributed by atoms with E-state index in [1.807, 2.05) is 0 Å². The molecular formula is C12H10N2S2Se2. The first-order chi connectivity index (χ1) is 8.70. The molecule has 0 atom stereocenters. The summed E-state index contributed by atoms with van der Waals surface area (Å²) in [6, 6.07) is 0.